The van der Waals surface area contributed by atoms with E-state index in [-0.39, 0.29) is 17.4 Å². The number of halogens is 1. The highest BCUT2D eigenvalue weighted by Crippen LogP contribution is 2.18. The van der Waals surface area contributed by atoms with E-state index in [0.717, 1.165) is 11.3 Å². The van der Waals surface area contributed by atoms with Gasteiger partial charge in [-0.25, -0.2) is 24.0 Å². The van der Waals surface area contributed by atoms with Crippen LogP contribution in [0.25, 0.3) is 0 Å². The molecule has 0 fully saturated rings. The number of carbonyl (C=O) groups excluding carboxylic acids is 2. The Balaban J connectivity index is 1.54. The predicted octanol–water partition coefficient (Wildman–Crippen LogP) is 1.06. The molecule has 1 aliphatic heterocycles. The summed E-state index contributed by atoms with van der Waals surface area (Å²) in [7, 11) is -3.70. The molecule has 3 rings (SSSR count). The minimum atomic E-state index is -3.70. The van der Waals surface area contributed by atoms with Crippen LogP contribution in [-0.4, -0.2) is 37.0 Å². The SMILES string of the molecule is CC(C)CC(C(=O)NO)C(=O)Nc1ccc(CN2C=C(CNS(=O)(=O)c3cccc(Cl)c3)[NH2+]N2)cc1. The smallest absolute Gasteiger partial charge is 0.255 e. The number of amides is 2. The van der Waals surface area contributed by atoms with Crippen LogP contribution in [0.15, 0.2) is 65.3 Å². The second-order valence-electron chi connectivity index (χ2n) is 8.73. The lowest BCUT2D eigenvalue weighted by Crippen LogP contribution is -2.91. The number of hydrogen-bond acceptors (Lipinski definition) is 7. The Morgan fingerprint density at radius 1 is 1.14 bits per heavy atom. The lowest BCUT2D eigenvalue weighted by Gasteiger charge is -2.17. The lowest BCUT2D eigenvalue weighted by atomic mass is 9.95. The second kappa shape index (κ2) is 12.3. The summed E-state index contributed by atoms with van der Waals surface area (Å²) in [5, 5.41) is 13.8. The van der Waals surface area contributed by atoms with Gasteiger partial charge in [0.1, 0.15) is 5.92 Å². The highest BCUT2D eigenvalue weighted by atomic mass is 35.5. The zero-order valence-electron chi connectivity index (χ0n) is 19.9. The minimum Gasteiger partial charge on any atom is -0.325 e. The number of quaternary nitrogens is 1. The Morgan fingerprint density at radius 2 is 1.86 bits per heavy atom. The number of nitrogens with one attached hydrogen (secondary N) is 4. The van der Waals surface area contributed by atoms with Crippen LogP contribution >= 0.6 is 11.6 Å². The van der Waals surface area contributed by atoms with Crippen LogP contribution in [-0.2, 0) is 26.2 Å². The summed E-state index contributed by atoms with van der Waals surface area (Å²) in [5.41, 5.74) is 8.51. The normalized spacial score (nSPS) is 14.5. The first-order chi connectivity index (χ1) is 17.1. The molecule has 2 aromatic carbocycles. The summed E-state index contributed by atoms with van der Waals surface area (Å²) in [5.74, 6) is -2.15. The molecular formula is C23H30ClN6O5S+. The van der Waals surface area contributed by atoms with E-state index in [1.54, 1.807) is 46.4 Å². The summed E-state index contributed by atoms with van der Waals surface area (Å²) in [6.07, 6.45) is 2.09. The van der Waals surface area contributed by atoms with E-state index < -0.39 is 27.8 Å². The number of rotatable bonds is 11. The van der Waals surface area contributed by atoms with Crippen molar-refractivity contribution in [1.29, 1.82) is 0 Å². The summed E-state index contributed by atoms with van der Waals surface area (Å²) in [6, 6.07) is 13.1. The number of hydroxylamine groups is 1. The fourth-order valence-electron chi connectivity index (χ4n) is 3.53. The van der Waals surface area contributed by atoms with Gasteiger partial charge in [0.15, 0.2) is 5.70 Å². The Kier molecular flexibility index (Phi) is 9.43. The number of benzene rings is 2. The molecule has 1 aliphatic rings. The number of hydrogen-bond donors (Lipinski definition) is 6. The summed E-state index contributed by atoms with van der Waals surface area (Å²) >= 11 is 5.89. The van der Waals surface area contributed by atoms with E-state index >= 15 is 0 Å². The van der Waals surface area contributed by atoms with Gasteiger partial charge >= 0.3 is 0 Å². The molecular weight excluding hydrogens is 508 g/mol. The fraction of sp³-hybridized carbons (Fsp3) is 0.304. The minimum absolute atomic E-state index is 0.0929. The number of anilines is 1. The highest BCUT2D eigenvalue weighted by molar-refractivity contribution is 7.89. The summed E-state index contributed by atoms with van der Waals surface area (Å²) in [6.45, 7) is 4.36. The molecule has 1 unspecified atom stereocenters. The quantitative estimate of drug-likeness (QED) is 0.108. The van der Waals surface area contributed by atoms with Crippen LogP contribution < -0.4 is 26.5 Å². The van der Waals surface area contributed by atoms with Crippen LogP contribution in [0.4, 0.5) is 5.69 Å². The number of hydrazine groups is 1. The molecule has 2 aromatic rings. The van der Waals surface area contributed by atoms with Crippen molar-refractivity contribution in [2.24, 2.45) is 11.8 Å². The second-order valence-corrected chi connectivity index (χ2v) is 10.9. The molecule has 0 saturated heterocycles. The Bertz CT molecular complexity index is 1220. The maximum absolute atomic E-state index is 12.5. The van der Waals surface area contributed by atoms with E-state index in [1.165, 1.54) is 12.1 Å². The first-order valence-electron chi connectivity index (χ1n) is 11.2. The van der Waals surface area contributed by atoms with Gasteiger partial charge in [-0.2, -0.15) is 0 Å². The maximum atomic E-state index is 12.5. The van der Waals surface area contributed by atoms with Gasteiger partial charge in [0.25, 0.3) is 5.91 Å². The van der Waals surface area contributed by atoms with Crippen molar-refractivity contribution in [3.63, 3.8) is 0 Å². The molecule has 0 bridgehead atoms. The van der Waals surface area contributed by atoms with E-state index in [1.807, 2.05) is 26.0 Å². The monoisotopic (exact) mass is 537 g/mol. The molecule has 0 spiro atoms. The van der Waals surface area contributed by atoms with Crippen LogP contribution in [0.5, 0.6) is 0 Å². The van der Waals surface area contributed by atoms with Gasteiger partial charge in [-0.05, 0) is 48.2 Å². The zero-order chi connectivity index (χ0) is 26.3. The van der Waals surface area contributed by atoms with Gasteiger partial charge in [0.05, 0.1) is 24.2 Å². The Morgan fingerprint density at radius 3 is 2.50 bits per heavy atom. The van der Waals surface area contributed by atoms with Crippen molar-refractivity contribution < 1.29 is 28.6 Å². The molecule has 1 heterocycles. The Labute approximate surface area is 214 Å². The maximum Gasteiger partial charge on any atom is 0.255 e. The van der Waals surface area contributed by atoms with Crippen molar-refractivity contribution in [2.75, 3.05) is 11.9 Å². The van der Waals surface area contributed by atoms with Crippen molar-refractivity contribution in [1.82, 2.24) is 20.7 Å². The molecule has 0 aliphatic carbocycles. The standard InChI is InChI=1S/C23H29ClN6O5S/c1-15(2)10-21(23(32)28-33)22(31)26-18-8-6-16(7-9-18)13-30-14-19(27-29-30)12-25-36(34,35)20-5-3-4-17(24)11-20/h3-9,11,14-15,21,25,27,29,33H,10,12-13H2,1-2H3,(H,26,31)(H,28,32)/p+1. The molecule has 0 aromatic heterocycles. The number of sulfonamides is 1. The average molecular weight is 538 g/mol. The molecule has 7 N–H and O–H groups in total. The van der Waals surface area contributed by atoms with Crippen molar-refractivity contribution in [3.8, 4) is 0 Å². The number of nitrogens with two attached hydrogens (primary N) is 1. The molecule has 1 atom stereocenters. The average Bonchev–Trinajstić information content (AvgIpc) is 3.29. The van der Waals surface area contributed by atoms with E-state index in [9.17, 15) is 18.0 Å². The number of nitrogens with zero attached hydrogens (tertiary/aromatic N) is 1. The van der Waals surface area contributed by atoms with Crippen molar-refractivity contribution in [3.05, 3.63) is 71.0 Å². The van der Waals surface area contributed by atoms with Crippen molar-refractivity contribution >= 4 is 39.1 Å². The van der Waals surface area contributed by atoms with Crippen LogP contribution in [0.1, 0.15) is 25.8 Å². The molecule has 0 saturated carbocycles. The molecule has 2 amide bonds. The van der Waals surface area contributed by atoms with Crippen LogP contribution in [0.3, 0.4) is 0 Å². The van der Waals surface area contributed by atoms with Crippen LogP contribution in [0, 0.1) is 11.8 Å². The first-order valence-corrected chi connectivity index (χ1v) is 13.1. The van der Waals surface area contributed by atoms with E-state index in [4.69, 9.17) is 16.8 Å². The molecule has 0 radical (unpaired) electrons. The van der Waals surface area contributed by atoms with Gasteiger partial charge in [0, 0.05) is 10.7 Å². The Hall–Kier alpha value is -3.00. The zero-order valence-corrected chi connectivity index (χ0v) is 21.4. The molecule has 36 heavy (non-hydrogen) atoms. The molecule has 13 heteroatoms. The van der Waals surface area contributed by atoms with Gasteiger partial charge in [0.2, 0.25) is 15.9 Å². The van der Waals surface area contributed by atoms with Gasteiger partial charge in [-0.1, -0.05) is 49.2 Å². The van der Waals surface area contributed by atoms with Gasteiger partial charge < -0.3 is 5.32 Å². The van der Waals surface area contributed by atoms with E-state index in [0.29, 0.717) is 23.7 Å². The largest absolute Gasteiger partial charge is 0.325 e. The molecule has 194 valence electrons. The highest BCUT2D eigenvalue weighted by Gasteiger charge is 2.27. The summed E-state index contributed by atoms with van der Waals surface area (Å²) < 4.78 is 27.5. The number of carbonyl (C=O) groups is 2. The van der Waals surface area contributed by atoms with Crippen molar-refractivity contribution in [2.45, 2.75) is 31.7 Å². The topological polar surface area (TPSA) is 156 Å². The molecule has 11 nitrogen and oxygen atoms in total. The van der Waals surface area contributed by atoms with Crippen LogP contribution in [0.2, 0.25) is 5.02 Å². The third kappa shape index (κ3) is 7.75. The van der Waals surface area contributed by atoms with Gasteiger partial charge in [-0.15, -0.1) is 0 Å². The lowest BCUT2D eigenvalue weighted by molar-refractivity contribution is -0.677. The predicted molar refractivity (Wildman–Crippen MR) is 133 cm³/mol. The third-order valence-corrected chi connectivity index (χ3v) is 6.97. The van der Waals surface area contributed by atoms with E-state index in [2.05, 4.69) is 15.6 Å². The summed E-state index contributed by atoms with van der Waals surface area (Å²) in [4.78, 5) is 24.5. The van der Waals surface area contributed by atoms with Gasteiger partial charge in [-0.3, -0.25) is 19.8 Å². The first kappa shape index (κ1) is 27.6. The third-order valence-electron chi connectivity index (χ3n) is 5.33. The fourth-order valence-corrected chi connectivity index (χ4v) is 4.84.